The Morgan fingerprint density at radius 3 is 2.13 bits per heavy atom. The minimum Gasteiger partial charge on any atom is -0.481 e. The van der Waals surface area contributed by atoms with Gasteiger partial charge >= 0.3 is 12.1 Å². The number of benzene rings is 3. The number of amides is 1. The standard InChI is InChI=1S/C27H21ClF3N3O3S/c28-21-11-7-18(8-12-21)24(17-1-3-19(4-2-17)25(37)32-14-13-23(35)36)34-26-33-22(15-38-26)16-5-9-20(10-6-16)27(29,30)31/h1-12,15,24H,13-14H2,(H,32,37)(H,33,34)(H,35,36). The number of carboxylic acids is 1. The molecule has 3 N–H and O–H groups in total. The zero-order valence-electron chi connectivity index (χ0n) is 19.6. The van der Waals surface area contributed by atoms with Crippen molar-refractivity contribution in [1.29, 1.82) is 0 Å². The van der Waals surface area contributed by atoms with Crippen molar-refractivity contribution >= 4 is 39.9 Å². The lowest BCUT2D eigenvalue weighted by molar-refractivity contribution is -0.138. The van der Waals surface area contributed by atoms with Crippen molar-refractivity contribution in [3.05, 3.63) is 105 Å². The van der Waals surface area contributed by atoms with Crippen molar-refractivity contribution in [2.45, 2.75) is 18.6 Å². The zero-order valence-corrected chi connectivity index (χ0v) is 21.2. The minimum absolute atomic E-state index is 0.0240. The molecule has 1 unspecified atom stereocenters. The van der Waals surface area contributed by atoms with Crippen LogP contribution in [0.3, 0.4) is 0 Å². The number of thiazole rings is 1. The summed E-state index contributed by atoms with van der Waals surface area (Å²) >= 11 is 7.38. The molecule has 11 heteroatoms. The third kappa shape index (κ3) is 6.90. The molecule has 1 heterocycles. The first kappa shape index (κ1) is 27.2. The van der Waals surface area contributed by atoms with Crippen LogP contribution < -0.4 is 10.6 Å². The van der Waals surface area contributed by atoms with Gasteiger partial charge in [-0.05, 0) is 47.5 Å². The number of anilines is 1. The second kappa shape index (κ2) is 11.7. The van der Waals surface area contributed by atoms with E-state index in [9.17, 15) is 22.8 Å². The molecule has 0 saturated carbocycles. The molecule has 0 bridgehead atoms. The molecule has 4 aromatic rings. The Labute approximate surface area is 225 Å². The van der Waals surface area contributed by atoms with Gasteiger partial charge in [0.1, 0.15) is 0 Å². The number of carbonyl (C=O) groups excluding carboxylic acids is 1. The number of alkyl halides is 3. The van der Waals surface area contributed by atoms with Gasteiger partial charge in [0.05, 0.1) is 23.7 Å². The fourth-order valence-corrected chi connectivity index (χ4v) is 4.53. The molecule has 0 aliphatic heterocycles. The van der Waals surface area contributed by atoms with Gasteiger partial charge in [0, 0.05) is 28.1 Å². The molecule has 196 valence electrons. The van der Waals surface area contributed by atoms with Gasteiger partial charge in [-0.3, -0.25) is 9.59 Å². The lowest BCUT2D eigenvalue weighted by atomic mass is 9.97. The highest BCUT2D eigenvalue weighted by molar-refractivity contribution is 7.14. The summed E-state index contributed by atoms with van der Waals surface area (Å²) in [5, 5.41) is 17.6. The van der Waals surface area contributed by atoms with E-state index in [1.165, 1.54) is 23.5 Å². The van der Waals surface area contributed by atoms with Gasteiger partial charge < -0.3 is 15.7 Å². The number of aliphatic carboxylic acids is 1. The van der Waals surface area contributed by atoms with Crippen LogP contribution in [0.25, 0.3) is 11.3 Å². The van der Waals surface area contributed by atoms with E-state index in [2.05, 4.69) is 15.6 Å². The molecule has 1 amide bonds. The van der Waals surface area contributed by atoms with Gasteiger partial charge in [-0.2, -0.15) is 13.2 Å². The minimum atomic E-state index is -4.41. The molecule has 6 nitrogen and oxygen atoms in total. The number of halogens is 4. The van der Waals surface area contributed by atoms with E-state index in [1.807, 2.05) is 12.1 Å². The summed E-state index contributed by atoms with van der Waals surface area (Å²) in [6.07, 6.45) is -4.58. The summed E-state index contributed by atoms with van der Waals surface area (Å²) < 4.78 is 38.7. The SMILES string of the molecule is O=C(O)CCNC(=O)c1ccc(C(Nc2nc(-c3ccc(C(F)(F)F)cc3)cs2)c2ccc(Cl)cc2)cc1. The average molecular weight is 560 g/mol. The molecule has 4 rings (SSSR count). The number of hydrogen-bond acceptors (Lipinski definition) is 5. The Kier molecular flexibility index (Phi) is 8.33. The molecule has 38 heavy (non-hydrogen) atoms. The monoisotopic (exact) mass is 559 g/mol. The zero-order chi connectivity index (χ0) is 27.3. The third-order valence-corrected chi connectivity index (χ3v) is 6.64. The Morgan fingerprint density at radius 1 is 0.947 bits per heavy atom. The normalized spacial score (nSPS) is 12.1. The Balaban J connectivity index is 1.55. The highest BCUT2D eigenvalue weighted by Gasteiger charge is 2.30. The van der Waals surface area contributed by atoms with Gasteiger partial charge in [0.2, 0.25) is 0 Å². The molecule has 3 aromatic carbocycles. The fraction of sp³-hybridized carbons (Fsp3) is 0.148. The summed E-state index contributed by atoms with van der Waals surface area (Å²) in [6, 6.07) is 18.5. The smallest absolute Gasteiger partial charge is 0.416 e. The van der Waals surface area contributed by atoms with Crippen LogP contribution in [-0.4, -0.2) is 28.5 Å². The molecule has 0 aliphatic rings. The number of nitrogens with zero attached hydrogens (tertiary/aromatic N) is 1. The Morgan fingerprint density at radius 2 is 1.55 bits per heavy atom. The maximum atomic E-state index is 12.9. The molecule has 0 radical (unpaired) electrons. The molecular formula is C27H21ClF3N3O3S. The largest absolute Gasteiger partial charge is 0.481 e. The molecule has 1 aromatic heterocycles. The fourth-order valence-electron chi connectivity index (χ4n) is 3.65. The summed E-state index contributed by atoms with van der Waals surface area (Å²) in [6.45, 7) is 0.0240. The third-order valence-electron chi connectivity index (χ3n) is 5.61. The van der Waals surface area contributed by atoms with Crippen LogP contribution in [0.1, 0.15) is 39.5 Å². The van der Waals surface area contributed by atoms with Gasteiger partial charge in [0.15, 0.2) is 5.13 Å². The van der Waals surface area contributed by atoms with E-state index in [0.29, 0.717) is 27.0 Å². The average Bonchev–Trinajstić information content (AvgIpc) is 3.36. The number of carboxylic acid groups (broad SMARTS) is 1. The van der Waals surface area contributed by atoms with E-state index in [4.69, 9.17) is 16.7 Å². The van der Waals surface area contributed by atoms with E-state index < -0.39 is 17.7 Å². The van der Waals surface area contributed by atoms with Gasteiger partial charge in [0.25, 0.3) is 5.91 Å². The van der Waals surface area contributed by atoms with Crippen LogP contribution >= 0.6 is 22.9 Å². The van der Waals surface area contributed by atoms with Crippen LogP contribution in [-0.2, 0) is 11.0 Å². The van der Waals surface area contributed by atoms with E-state index >= 15 is 0 Å². The molecule has 1 atom stereocenters. The van der Waals surface area contributed by atoms with Crippen LogP contribution in [0.4, 0.5) is 18.3 Å². The second-order valence-electron chi connectivity index (χ2n) is 8.26. The van der Waals surface area contributed by atoms with Crippen molar-refractivity contribution in [3.63, 3.8) is 0 Å². The topological polar surface area (TPSA) is 91.3 Å². The Bertz CT molecular complexity index is 1410. The maximum absolute atomic E-state index is 12.9. The van der Waals surface area contributed by atoms with Crippen molar-refractivity contribution in [1.82, 2.24) is 10.3 Å². The van der Waals surface area contributed by atoms with E-state index in [1.54, 1.807) is 41.8 Å². The van der Waals surface area contributed by atoms with Gasteiger partial charge in [-0.1, -0.05) is 48.0 Å². The van der Waals surface area contributed by atoms with Crippen molar-refractivity contribution in [2.24, 2.45) is 0 Å². The lowest BCUT2D eigenvalue weighted by Crippen LogP contribution is -2.26. The van der Waals surface area contributed by atoms with Crippen LogP contribution in [0.2, 0.25) is 5.02 Å². The van der Waals surface area contributed by atoms with Crippen LogP contribution in [0.15, 0.2) is 78.2 Å². The van der Waals surface area contributed by atoms with Crippen molar-refractivity contribution in [3.8, 4) is 11.3 Å². The quantitative estimate of drug-likeness (QED) is 0.208. The molecule has 0 saturated heterocycles. The van der Waals surface area contributed by atoms with Crippen molar-refractivity contribution < 1.29 is 27.9 Å². The highest BCUT2D eigenvalue weighted by atomic mass is 35.5. The highest BCUT2D eigenvalue weighted by Crippen LogP contribution is 2.34. The molecule has 0 fully saturated rings. The number of hydrogen-bond donors (Lipinski definition) is 3. The van der Waals surface area contributed by atoms with Crippen LogP contribution in [0.5, 0.6) is 0 Å². The van der Waals surface area contributed by atoms with E-state index in [0.717, 1.165) is 23.3 Å². The van der Waals surface area contributed by atoms with Gasteiger partial charge in [-0.15, -0.1) is 11.3 Å². The van der Waals surface area contributed by atoms with E-state index in [-0.39, 0.29) is 24.9 Å². The summed E-state index contributed by atoms with van der Waals surface area (Å²) in [7, 11) is 0. The first-order valence-electron chi connectivity index (χ1n) is 11.4. The summed E-state index contributed by atoms with van der Waals surface area (Å²) in [5.41, 5.74) is 2.45. The van der Waals surface area contributed by atoms with Gasteiger partial charge in [-0.25, -0.2) is 4.98 Å². The first-order valence-corrected chi connectivity index (χ1v) is 12.6. The number of rotatable bonds is 9. The number of aromatic nitrogens is 1. The predicted molar refractivity (Wildman–Crippen MR) is 140 cm³/mol. The summed E-state index contributed by atoms with van der Waals surface area (Å²) in [5.74, 6) is -1.38. The number of carbonyl (C=O) groups is 2. The van der Waals surface area contributed by atoms with Crippen LogP contribution in [0, 0.1) is 0 Å². The number of nitrogens with one attached hydrogen (secondary N) is 2. The first-order chi connectivity index (χ1) is 18.1. The molecule has 0 aliphatic carbocycles. The van der Waals surface area contributed by atoms with Crippen molar-refractivity contribution in [2.75, 3.05) is 11.9 Å². The second-order valence-corrected chi connectivity index (χ2v) is 9.56. The Hall–Kier alpha value is -3.89. The predicted octanol–water partition coefficient (Wildman–Crippen LogP) is 6.89. The summed E-state index contributed by atoms with van der Waals surface area (Å²) in [4.78, 5) is 27.5. The lowest BCUT2D eigenvalue weighted by Gasteiger charge is -2.20. The molecule has 0 spiro atoms. The molecular weight excluding hydrogens is 539 g/mol. The maximum Gasteiger partial charge on any atom is 0.416 e.